The van der Waals surface area contributed by atoms with Crippen LogP contribution in [0.15, 0.2) is 36.4 Å². The summed E-state index contributed by atoms with van der Waals surface area (Å²) in [4.78, 5) is 11.7. The smallest absolute Gasteiger partial charge is 0.319 e. The molecule has 128 valence electrons. The molecule has 0 bridgehead atoms. The summed E-state index contributed by atoms with van der Waals surface area (Å²) < 4.78 is 36.3. The molecule has 2 aromatic rings. The van der Waals surface area contributed by atoms with E-state index >= 15 is 0 Å². The van der Waals surface area contributed by atoms with Gasteiger partial charge >= 0.3 is 6.03 Å². The Morgan fingerprint density at radius 2 is 1.75 bits per heavy atom. The van der Waals surface area contributed by atoms with E-state index in [2.05, 4.69) is 10.6 Å². The highest BCUT2D eigenvalue weighted by molar-refractivity contribution is 5.89. The van der Waals surface area contributed by atoms with E-state index in [1.807, 2.05) is 12.1 Å². The lowest BCUT2D eigenvalue weighted by atomic mass is 10.1. The van der Waals surface area contributed by atoms with Gasteiger partial charge in [-0.2, -0.15) is 0 Å². The predicted molar refractivity (Wildman–Crippen MR) is 86.6 cm³/mol. The second-order valence-electron chi connectivity index (χ2n) is 4.95. The van der Waals surface area contributed by atoms with Crippen LogP contribution in [0.3, 0.4) is 0 Å². The van der Waals surface area contributed by atoms with Gasteiger partial charge in [0.15, 0.2) is 23.1 Å². The summed E-state index contributed by atoms with van der Waals surface area (Å²) in [5.41, 5.74) is 1.14. The number of methoxy groups -OCH3 is 2. The number of nitrogens with one attached hydrogen (secondary N) is 2. The standard InChI is InChI=1S/C17H18F2N2O3/c1-23-15-6-3-11(9-16(15)24-2)7-8-20-17(22)21-12-4-5-13(18)14(19)10-12/h3-6,9-10H,7-8H2,1-2H3,(H2,20,21,22). The second-order valence-corrected chi connectivity index (χ2v) is 4.95. The molecule has 0 aliphatic heterocycles. The van der Waals surface area contributed by atoms with E-state index in [-0.39, 0.29) is 5.69 Å². The summed E-state index contributed by atoms with van der Waals surface area (Å²) >= 11 is 0. The molecule has 2 rings (SSSR count). The Balaban J connectivity index is 1.85. The number of anilines is 1. The normalized spacial score (nSPS) is 10.2. The van der Waals surface area contributed by atoms with Crippen molar-refractivity contribution in [2.45, 2.75) is 6.42 Å². The lowest BCUT2D eigenvalue weighted by Crippen LogP contribution is -2.30. The third-order valence-corrected chi connectivity index (χ3v) is 3.32. The minimum Gasteiger partial charge on any atom is -0.493 e. The third kappa shape index (κ3) is 4.58. The molecule has 7 heteroatoms. The van der Waals surface area contributed by atoms with Gasteiger partial charge in [0, 0.05) is 18.3 Å². The van der Waals surface area contributed by atoms with Gasteiger partial charge in [-0.15, -0.1) is 0 Å². The number of halogens is 2. The first-order chi connectivity index (χ1) is 11.5. The number of carbonyl (C=O) groups is 1. The maximum atomic E-state index is 13.1. The summed E-state index contributed by atoms with van der Waals surface area (Å²) in [5, 5.41) is 5.08. The molecule has 2 aromatic carbocycles. The molecule has 24 heavy (non-hydrogen) atoms. The van der Waals surface area contributed by atoms with Crippen molar-refractivity contribution in [3.05, 3.63) is 53.6 Å². The zero-order chi connectivity index (χ0) is 17.5. The topological polar surface area (TPSA) is 59.6 Å². The van der Waals surface area contributed by atoms with E-state index in [0.717, 1.165) is 17.7 Å². The fourth-order valence-corrected chi connectivity index (χ4v) is 2.11. The fourth-order valence-electron chi connectivity index (χ4n) is 2.11. The summed E-state index contributed by atoms with van der Waals surface area (Å²) in [7, 11) is 3.11. The van der Waals surface area contributed by atoms with Crippen molar-refractivity contribution in [2.75, 3.05) is 26.1 Å². The first kappa shape index (κ1) is 17.5. The Bertz CT molecular complexity index is 723. The minimum atomic E-state index is -1.02. The Kier molecular flexibility index (Phi) is 5.95. The van der Waals surface area contributed by atoms with E-state index in [9.17, 15) is 13.6 Å². The van der Waals surface area contributed by atoms with Crippen LogP contribution in [0.1, 0.15) is 5.56 Å². The largest absolute Gasteiger partial charge is 0.493 e. The first-order valence-electron chi connectivity index (χ1n) is 7.24. The third-order valence-electron chi connectivity index (χ3n) is 3.32. The van der Waals surface area contributed by atoms with Crippen LogP contribution in [0.5, 0.6) is 11.5 Å². The van der Waals surface area contributed by atoms with E-state index in [4.69, 9.17) is 9.47 Å². The van der Waals surface area contributed by atoms with Crippen LogP contribution in [0, 0.1) is 11.6 Å². The lowest BCUT2D eigenvalue weighted by Gasteiger charge is -2.10. The van der Waals surface area contributed by atoms with E-state index in [1.54, 1.807) is 20.3 Å². The van der Waals surface area contributed by atoms with Crippen molar-refractivity contribution in [3.8, 4) is 11.5 Å². The molecule has 0 aliphatic carbocycles. The van der Waals surface area contributed by atoms with Crippen LogP contribution in [0.2, 0.25) is 0 Å². The summed E-state index contributed by atoms with van der Waals surface area (Å²) in [6.07, 6.45) is 0.575. The molecule has 0 spiro atoms. The minimum absolute atomic E-state index is 0.178. The number of urea groups is 1. The van der Waals surface area contributed by atoms with E-state index in [0.29, 0.717) is 24.5 Å². The van der Waals surface area contributed by atoms with Crippen molar-refractivity contribution in [1.29, 1.82) is 0 Å². The Labute approximate surface area is 138 Å². The average molecular weight is 336 g/mol. The number of ether oxygens (including phenoxy) is 2. The van der Waals surface area contributed by atoms with Crippen LogP contribution < -0.4 is 20.1 Å². The van der Waals surface area contributed by atoms with Crippen molar-refractivity contribution >= 4 is 11.7 Å². The molecular weight excluding hydrogens is 318 g/mol. The molecule has 0 unspecified atom stereocenters. The predicted octanol–water partition coefficient (Wildman–Crippen LogP) is 3.35. The van der Waals surface area contributed by atoms with Gasteiger partial charge in [0.25, 0.3) is 0 Å². The van der Waals surface area contributed by atoms with Gasteiger partial charge in [-0.25, -0.2) is 13.6 Å². The van der Waals surface area contributed by atoms with Crippen LogP contribution in [0.25, 0.3) is 0 Å². The highest BCUT2D eigenvalue weighted by atomic mass is 19.2. The number of rotatable bonds is 6. The zero-order valence-electron chi connectivity index (χ0n) is 13.4. The maximum absolute atomic E-state index is 13.1. The SMILES string of the molecule is COc1ccc(CCNC(=O)Nc2ccc(F)c(F)c2)cc1OC. The average Bonchev–Trinajstić information content (AvgIpc) is 2.58. The van der Waals surface area contributed by atoms with Crippen molar-refractivity contribution in [3.63, 3.8) is 0 Å². The molecule has 0 atom stereocenters. The summed E-state index contributed by atoms with van der Waals surface area (Å²) in [6, 6.07) is 8.14. The molecule has 0 saturated heterocycles. The quantitative estimate of drug-likeness (QED) is 0.850. The van der Waals surface area contributed by atoms with Crippen molar-refractivity contribution < 1.29 is 23.0 Å². The number of carbonyl (C=O) groups excluding carboxylic acids is 1. The number of benzene rings is 2. The van der Waals surface area contributed by atoms with Crippen molar-refractivity contribution in [1.82, 2.24) is 5.32 Å². The van der Waals surface area contributed by atoms with Crippen molar-refractivity contribution in [2.24, 2.45) is 0 Å². The monoisotopic (exact) mass is 336 g/mol. The van der Waals surface area contributed by atoms with Gasteiger partial charge in [-0.05, 0) is 36.2 Å². The fraction of sp³-hybridized carbons (Fsp3) is 0.235. The van der Waals surface area contributed by atoms with Gasteiger partial charge in [0.1, 0.15) is 0 Å². The molecule has 0 fully saturated rings. The van der Waals surface area contributed by atoms with Gasteiger partial charge in [-0.3, -0.25) is 0 Å². The van der Waals surface area contributed by atoms with E-state index < -0.39 is 17.7 Å². The molecular formula is C17H18F2N2O3. The first-order valence-corrected chi connectivity index (χ1v) is 7.24. The van der Waals surface area contributed by atoms with Gasteiger partial charge in [-0.1, -0.05) is 6.07 Å². The zero-order valence-corrected chi connectivity index (χ0v) is 13.4. The highest BCUT2D eigenvalue weighted by Crippen LogP contribution is 2.27. The molecule has 0 aliphatic rings. The lowest BCUT2D eigenvalue weighted by molar-refractivity contribution is 0.252. The van der Waals surface area contributed by atoms with Gasteiger partial charge in [0.05, 0.1) is 14.2 Å². The molecule has 0 aromatic heterocycles. The number of hydrogen-bond donors (Lipinski definition) is 2. The Hall–Kier alpha value is -2.83. The molecule has 0 radical (unpaired) electrons. The van der Waals surface area contributed by atoms with Gasteiger partial charge in [0.2, 0.25) is 0 Å². The Morgan fingerprint density at radius 1 is 1.00 bits per heavy atom. The Morgan fingerprint density at radius 3 is 2.42 bits per heavy atom. The summed E-state index contributed by atoms with van der Waals surface area (Å²) in [5.74, 6) is -0.737. The van der Waals surface area contributed by atoms with Crippen LogP contribution in [-0.2, 0) is 6.42 Å². The van der Waals surface area contributed by atoms with E-state index in [1.165, 1.54) is 6.07 Å². The maximum Gasteiger partial charge on any atom is 0.319 e. The highest BCUT2D eigenvalue weighted by Gasteiger charge is 2.07. The molecule has 2 N–H and O–H groups in total. The molecule has 0 heterocycles. The molecule has 0 saturated carbocycles. The van der Waals surface area contributed by atoms with Crippen LogP contribution in [0.4, 0.5) is 19.3 Å². The summed E-state index contributed by atoms with van der Waals surface area (Å²) in [6.45, 7) is 0.366. The molecule has 5 nitrogen and oxygen atoms in total. The second kappa shape index (κ2) is 8.14. The van der Waals surface area contributed by atoms with Gasteiger partial charge < -0.3 is 20.1 Å². The number of amides is 2. The van der Waals surface area contributed by atoms with Crippen LogP contribution in [-0.4, -0.2) is 26.8 Å². The number of hydrogen-bond acceptors (Lipinski definition) is 3. The van der Waals surface area contributed by atoms with Crippen LogP contribution >= 0.6 is 0 Å². The molecule has 2 amide bonds.